The number of urea groups is 1. The number of nitrogens with two attached hydrogens (primary N) is 1. The zero-order valence-corrected chi connectivity index (χ0v) is 18.2. The number of nitrogens with one attached hydrogen (secondary N) is 4. The van der Waals surface area contributed by atoms with Gasteiger partial charge in [-0.05, 0) is 43.5 Å². The molecule has 1 aliphatic heterocycles. The average Bonchev–Trinajstić information content (AvgIpc) is 2.78. The monoisotopic (exact) mass is 457 g/mol. The van der Waals surface area contributed by atoms with E-state index in [-0.39, 0.29) is 17.4 Å². The van der Waals surface area contributed by atoms with E-state index in [2.05, 4.69) is 22.0 Å². The van der Waals surface area contributed by atoms with Crippen LogP contribution >= 0.6 is 11.6 Å². The molecular formula is C22H24ClN5O4. The number of allylic oxidation sites excluding steroid dienone is 4. The van der Waals surface area contributed by atoms with E-state index in [1.807, 2.05) is 12.2 Å². The minimum atomic E-state index is -0.585. The number of anilines is 1. The fourth-order valence-corrected chi connectivity index (χ4v) is 3.27. The van der Waals surface area contributed by atoms with Crippen molar-refractivity contribution in [1.29, 1.82) is 5.41 Å². The highest BCUT2D eigenvalue weighted by Gasteiger charge is 2.21. The van der Waals surface area contributed by atoms with Crippen molar-refractivity contribution in [2.45, 2.75) is 25.8 Å². The lowest BCUT2D eigenvalue weighted by atomic mass is 10.0. The van der Waals surface area contributed by atoms with Crippen molar-refractivity contribution in [2.24, 2.45) is 5.73 Å². The number of amidine groups is 1. The Bertz CT molecular complexity index is 1040. The fourth-order valence-electron chi connectivity index (χ4n) is 2.99. The third-order valence-electron chi connectivity index (χ3n) is 4.65. The molecule has 168 valence electrons. The lowest BCUT2D eigenvalue weighted by Crippen LogP contribution is -2.43. The van der Waals surface area contributed by atoms with Crippen molar-refractivity contribution in [3.05, 3.63) is 76.6 Å². The lowest BCUT2D eigenvalue weighted by molar-refractivity contribution is -0.120. The van der Waals surface area contributed by atoms with Crippen LogP contribution in [-0.2, 0) is 14.3 Å². The van der Waals surface area contributed by atoms with E-state index in [0.29, 0.717) is 22.8 Å². The molecule has 9 nitrogen and oxygen atoms in total. The Morgan fingerprint density at radius 3 is 2.81 bits per heavy atom. The van der Waals surface area contributed by atoms with Gasteiger partial charge in [0.25, 0.3) is 0 Å². The third-order valence-corrected chi connectivity index (χ3v) is 4.96. The number of halogens is 1. The van der Waals surface area contributed by atoms with Crippen molar-refractivity contribution in [3.8, 4) is 0 Å². The Balaban J connectivity index is 1.45. The van der Waals surface area contributed by atoms with Gasteiger partial charge < -0.3 is 31.2 Å². The SMILES string of the molecule is CC(NC(=O)CNC(=O)Nc1ccc(C(=N)N)c(Cl)c1)C1=COC=C(C2=CC=CCC2)O1. The molecule has 6 N–H and O–H groups in total. The summed E-state index contributed by atoms with van der Waals surface area (Å²) >= 11 is 6.03. The number of hydrogen-bond acceptors (Lipinski definition) is 5. The lowest BCUT2D eigenvalue weighted by Gasteiger charge is -2.23. The molecule has 0 fully saturated rings. The van der Waals surface area contributed by atoms with Crippen LogP contribution < -0.4 is 21.7 Å². The number of benzene rings is 1. The highest BCUT2D eigenvalue weighted by atomic mass is 35.5. The molecule has 0 aromatic heterocycles. The zero-order valence-electron chi connectivity index (χ0n) is 17.4. The molecular weight excluding hydrogens is 434 g/mol. The largest absolute Gasteiger partial charge is 0.465 e. The smallest absolute Gasteiger partial charge is 0.319 e. The molecule has 1 aromatic rings. The van der Waals surface area contributed by atoms with Gasteiger partial charge in [-0.1, -0.05) is 29.8 Å². The van der Waals surface area contributed by atoms with E-state index >= 15 is 0 Å². The second-order valence-corrected chi connectivity index (χ2v) is 7.51. The van der Waals surface area contributed by atoms with Gasteiger partial charge in [0.1, 0.15) is 18.4 Å². The topological polar surface area (TPSA) is 139 Å². The van der Waals surface area contributed by atoms with Crippen molar-refractivity contribution < 1.29 is 19.1 Å². The minimum Gasteiger partial charge on any atom is -0.465 e. The summed E-state index contributed by atoms with van der Waals surface area (Å²) in [5, 5.41) is 15.4. The van der Waals surface area contributed by atoms with E-state index in [1.165, 1.54) is 24.7 Å². The van der Waals surface area contributed by atoms with Crippen LogP contribution in [0, 0.1) is 5.41 Å². The Hall–Kier alpha value is -3.72. The third kappa shape index (κ3) is 6.14. The molecule has 1 unspecified atom stereocenters. The van der Waals surface area contributed by atoms with Gasteiger partial charge in [-0.15, -0.1) is 0 Å². The summed E-state index contributed by atoms with van der Waals surface area (Å²) in [5.74, 6) is 0.489. The molecule has 1 heterocycles. The predicted octanol–water partition coefficient (Wildman–Crippen LogP) is 3.26. The molecule has 10 heteroatoms. The van der Waals surface area contributed by atoms with Crippen LogP contribution in [0.25, 0.3) is 0 Å². The maximum Gasteiger partial charge on any atom is 0.319 e. The van der Waals surface area contributed by atoms with Crippen LogP contribution in [0.3, 0.4) is 0 Å². The van der Waals surface area contributed by atoms with Crippen LogP contribution in [0.2, 0.25) is 5.02 Å². The maximum absolute atomic E-state index is 12.2. The molecule has 1 aromatic carbocycles. The van der Waals surface area contributed by atoms with E-state index < -0.39 is 18.0 Å². The number of nitrogen functional groups attached to an aromatic ring is 1. The molecule has 0 radical (unpaired) electrons. The summed E-state index contributed by atoms with van der Waals surface area (Å²) in [6.07, 6.45) is 10.8. The number of hydrogen-bond donors (Lipinski definition) is 5. The van der Waals surface area contributed by atoms with E-state index in [0.717, 1.165) is 18.4 Å². The fraction of sp³-hybridized carbons (Fsp3) is 0.227. The van der Waals surface area contributed by atoms with Crippen molar-refractivity contribution >= 4 is 35.1 Å². The van der Waals surface area contributed by atoms with Crippen LogP contribution in [0.4, 0.5) is 10.5 Å². The van der Waals surface area contributed by atoms with E-state index in [1.54, 1.807) is 13.0 Å². The molecule has 2 aliphatic rings. The van der Waals surface area contributed by atoms with Crippen LogP contribution in [-0.4, -0.2) is 30.4 Å². The van der Waals surface area contributed by atoms with Gasteiger partial charge in [-0.2, -0.15) is 0 Å². The molecule has 0 spiro atoms. The van der Waals surface area contributed by atoms with Crippen LogP contribution in [0.5, 0.6) is 0 Å². The van der Waals surface area contributed by atoms with Crippen LogP contribution in [0.15, 0.2) is 66.0 Å². The standard InChI is InChI=1S/C22H24ClN5O4/c1-13(18-11-31-12-19(32-18)14-5-3-2-4-6-14)27-20(29)10-26-22(30)28-15-7-8-16(21(24)25)17(23)9-15/h2-3,5,7-9,11-13H,4,6,10H2,1H3,(H3,24,25)(H,27,29)(H2,26,28,30). The highest BCUT2D eigenvalue weighted by molar-refractivity contribution is 6.34. The van der Waals surface area contributed by atoms with Gasteiger partial charge in [-0.25, -0.2) is 4.79 Å². The van der Waals surface area contributed by atoms with E-state index in [9.17, 15) is 9.59 Å². The summed E-state index contributed by atoms with van der Waals surface area (Å²) in [6, 6.07) is 3.50. The van der Waals surface area contributed by atoms with Gasteiger partial charge in [0, 0.05) is 11.3 Å². The molecule has 0 bridgehead atoms. The second kappa shape index (κ2) is 10.5. The van der Waals surface area contributed by atoms with Crippen LogP contribution in [0.1, 0.15) is 25.3 Å². The van der Waals surface area contributed by atoms with Gasteiger partial charge >= 0.3 is 6.03 Å². The summed E-state index contributed by atoms with van der Waals surface area (Å²) in [5.41, 5.74) is 7.19. The van der Waals surface area contributed by atoms with E-state index in [4.69, 9.17) is 32.2 Å². The Morgan fingerprint density at radius 1 is 1.31 bits per heavy atom. The molecule has 32 heavy (non-hydrogen) atoms. The number of amides is 3. The summed E-state index contributed by atoms with van der Waals surface area (Å²) in [4.78, 5) is 24.3. The number of carbonyl (C=O) groups is 2. The zero-order chi connectivity index (χ0) is 23.1. The summed E-state index contributed by atoms with van der Waals surface area (Å²) in [7, 11) is 0. The minimum absolute atomic E-state index is 0.172. The molecule has 0 saturated carbocycles. The first-order valence-corrected chi connectivity index (χ1v) is 10.3. The Labute approximate surface area is 190 Å². The quantitative estimate of drug-likeness (QED) is 0.316. The first kappa shape index (κ1) is 23.0. The Kier molecular flexibility index (Phi) is 7.56. The normalized spacial score (nSPS) is 15.8. The first-order chi connectivity index (χ1) is 15.3. The second-order valence-electron chi connectivity index (χ2n) is 7.10. The average molecular weight is 458 g/mol. The maximum atomic E-state index is 12.2. The molecule has 1 aliphatic carbocycles. The summed E-state index contributed by atoms with van der Waals surface area (Å²) < 4.78 is 11.2. The van der Waals surface area contributed by atoms with Crippen molar-refractivity contribution in [1.82, 2.24) is 10.6 Å². The van der Waals surface area contributed by atoms with Gasteiger partial charge in [0.15, 0.2) is 11.5 Å². The van der Waals surface area contributed by atoms with Gasteiger partial charge in [0.2, 0.25) is 5.91 Å². The predicted molar refractivity (Wildman–Crippen MR) is 122 cm³/mol. The molecule has 3 amide bonds. The Morgan fingerprint density at radius 2 is 2.12 bits per heavy atom. The number of ether oxygens (including phenoxy) is 2. The van der Waals surface area contributed by atoms with Gasteiger partial charge in [0.05, 0.1) is 17.6 Å². The number of rotatable bonds is 7. The molecule has 0 saturated heterocycles. The number of carbonyl (C=O) groups excluding carboxylic acids is 2. The van der Waals surface area contributed by atoms with Crippen molar-refractivity contribution in [2.75, 3.05) is 11.9 Å². The highest BCUT2D eigenvalue weighted by Crippen LogP contribution is 2.27. The first-order valence-electron chi connectivity index (χ1n) is 9.91. The molecule has 1 atom stereocenters. The summed E-state index contributed by atoms with van der Waals surface area (Å²) in [6.45, 7) is 1.51. The molecule has 3 rings (SSSR count). The van der Waals surface area contributed by atoms with Crippen molar-refractivity contribution in [3.63, 3.8) is 0 Å². The van der Waals surface area contributed by atoms with Gasteiger partial charge in [-0.3, -0.25) is 10.2 Å².